The molecule has 2 amide bonds. The van der Waals surface area contributed by atoms with Crippen LogP contribution in [0.4, 0.5) is 8.78 Å². The maximum absolute atomic E-state index is 14.0. The standard InChI is InChI=1S/C20H18ClF2N3O4/c21-14-13(22)5-4-10(15(14)23)7-24-19(29)12-9-26-11-3-1-2-6-25(8-11)20(30)16(26)18(28)17(12)27/h4-5,9,11,28H,1-3,6-8H2,(H,24,29)/t11-/m0/s1. The van der Waals surface area contributed by atoms with Crippen LogP contribution in [0.5, 0.6) is 5.75 Å². The molecule has 4 rings (SSSR count). The highest BCUT2D eigenvalue weighted by atomic mass is 35.5. The van der Waals surface area contributed by atoms with Gasteiger partial charge in [0.15, 0.2) is 11.4 Å². The lowest BCUT2D eigenvalue weighted by atomic mass is 10.1. The number of carbonyl (C=O) groups is 2. The summed E-state index contributed by atoms with van der Waals surface area (Å²) in [6.45, 7) is 0.647. The molecule has 10 heteroatoms. The summed E-state index contributed by atoms with van der Waals surface area (Å²) in [6.07, 6.45) is 3.69. The third-order valence-electron chi connectivity index (χ3n) is 5.54. The molecule has 0 radical (unpaired) electrons. The van der Waals surface area contributed by atoms with Crippen LogP contribution in [0.2, 0.25) is 5.02 Å². The zero-order chi connectivity index (χ0) is 21.6. The molecule has 7 nitrogen and oxygen atoms in total. The molecule has 1 aromatic carbocycles. The van der Waals surface area contributed by atoms with Gasteiger partial charge in [-0.2, -0.15) is 0 Å². The van der Waals surface area contributed by atoms with Crippen LogP contribution in [-0.2, 0) is 6.54 Å². The third kappa shape index (κ3) is 3.32. The van der Waals surface area contributed by atoms with Crippen molar-refractivity contribution in [3.8, 4) is 5.75 Å². The van der Waals surface area contributed by atoms with E-state index in [0.717, 1.165) is 31.4 Å². The topological polar surface area (TPSA) is 91.6 Å². The SMILES string of the molecule is O=C(NCc1ccc(F)c(Cl)c1F)c1cn2c(c(O)c1=O)C(=O)N1CCCC[C@H]2C1. The van der Waals surface area contributed by atoms with Crippen LogP contribution >= 0.6 is 11.6 Å². The van der Waals surface area contributed by atoms with Crippen molar-refractivity contribution in [1.29, 1.82) is 0 Å². The summed E-state index contributed by atoms with van der Waals surface area (Å²) in [4.78, 5) is 39.4. The Balaban J connectivity index is 1.66. The molecule has 2 bridgehead atoms. The van der Waals surface area contributed by atoms with E-state index in [0.29, 0.717) is 13.1 Å². The van der Waals surface area contributed by atoms with E-state index in [2.05, 4.69) is 5.32 Å². The van der Waals surface area contributed by atoms with Crippen molar-refractivity contribution in [2.24, 2.45) is 0 Å². The summed E-state index contributed by atoms with van der Waals surface area (Å²) in [6, 6.07) is 1.94. The lowest BCUT2D eigenvalue weighted by molar-refractivity contribution is 0.0677. The van der Waals surface area contributed by atoms with Crippen molar-refractivity contribution in [1.82, 2.24) is 14.8 Å². The van der Waals surface area contributed by atoms with Crippen molar-refractivity contribution in [2.75, 3.05) is 13.1 Å². The van der Waals surface area contributed by atoms with Gasteiger partial charge < -0.3 is 19.9 Å². The number of aromatic nitrogens is 1. The first-order valence-corrected chi connectivity index (χ1v) is 9.85. The summed E-state index contributed by atoms with van der Waals surface area (Å²) in [5.41, 5.74) is -1.53. The van der Waals surface area contributed by atoms with Crippen LogP contribution in [0.15, 0.2) is 23.1 Å². The molecule has 2 aromatic rings. The number of pyridine rings is 1. The van der Waals surface area contributed by atoms with E-state index in [1.165, 1.54) is 10.8 Å². The van der Waals surface area contributed by atoms with Crippen LogP contribution < -0.4 is 10.7 Å². The lowest BCUT2D eigenvalue weighted by Gasteiger charge is -2.34. The second-order valence-electron chi connectivity index (χ2n) is 7.39. The average molecular weight is 438 g/mol. The molecule has 1 fully saturated rings. The van der Waals surface area contributed by atoms with Crippen LogP contribution in [-0.4, -0.2) is 39.5 Å². The quantitative estimate of drug-likeness (QED) is 0.722. The van der Waals surface area contributed by atoms with Crippen LogP contribution in [0, 0.1) is 11.6 Å². The van der Waals surface area contributed by atoms with Gasteiger partial charge in [0.2, 0.25) is 5.43 Å². The zero-order valence-electron chi connectivity index (χ0n) is 15.8. The Kier molecular flexibility index (Phi) is 5.23. The van der Waals surface area contributed by atoms with E-state index in [9.17, 15) is 28.3 Å². The van der Waals surface area contributed by atoms with Crippen molar-refractivity contribution in [2.45, 2.75) is 31.8 Å². The highest BCUT2D eigenvalue weighted by Crippen LogP contribution is 2.31. The Morgan fingerprint density at radius 1 is 1.27 bits per heavy atom. The van der Waals surface area contributed by atoms with Gasteiger partial charge in [-0.1, -0.05) is 17.7 Å². The minimum Gasteiger partial charge on any atom is -0.503 e. The van der Waals surface area contributed by atoms with Gasteiger partial charge in [-0.3, -0.25) is 14.4 Å². The minimum absolute atomic E-state index is 0.0633. The first-order valence-electron chi connectivity index (χ1n) is 9.47. The number of hydrogen-bond acceptors (Lipinski definition) is 4. The van der Waals surface area contributed by atoms with Crippen molar-refractivity contribution < 1.29 is 23.5 Å². The van der Waals surface area contributed by atoms with Crippen LogP contribution in [0.1, 0.15) is 51.7 Å². The second kappa shape index (κ2) is 7.71. The first-order chi connectivity index (χ1) is 14.3. The summed E-state index contributed by atoms with van der Waals surface area (Å²) in [7, 11) is 0. The molecule has 1 aromatic heterocycles. The van der Waals surface area contributed by atoms with E-state index < -0.39 is 39.6 Å². The molecule has 30 heavy (non-hydrogen) atoms. The Morgan fingerprint density at radius 2 is 2.03 bits per heavy atom. The number of amides is 2. The normalized spacial score (nSPS) is 18.0. The summed E-state index contributed by atoms with van der Waals surface area (Å²) in [5.74, 6) is -4.01. The van der Waals surface area contributed by atoms with Gasteiger partial charge in [-0.05, 0) is 25.3 Å². The number of fused-ring (bicyclic) bond motifs is 4. The first kappa shape index (κ1) is 20.3. The maximum atomic E-state index is 14.0. The Hall–Kier alpha value is -2.94. The minimum atomic E-state index is -1.01. The van der Waals surface area contributed by atoms with Gasteiger partial charge in [0.05, 0.1) is 6.04 Å². The summed E-state index contributed by atoms with van der Waals surface area (Å²) in [5, 5.41) is 12.1. The molecular formula is C20H18ClF2N3O4. The maximum Gasteiger partial charge on any atom is 0.274 e. The second-order valence-corrected chi connectivity index (χ2v) is 7.77. The number of hydrogen-bond donors (Lipinski definition) is 2. The van der Waals surface area contributed by atoms with Crippen molar-refractivity contribution >= 4 is 23.4 Å². The Morgan fingerprint density at radius 3 is 2.80 bits per heavy atom. The average Bonchev–Trinajstić information content (AvgIpc) is 2.95. The third-order valence-corrected chi connectivity index (χ3v) is 5.89. The number of carbonyl (C=O) groups excluding carboxylic acids is 2. The molecule has 2 N–H and O–H groups in total. The molecule has 0 saturated carbocycles. The summed E-state index contributed by atoms with van der Waals surface area (Å²) < 4.78 is 28.8. The van der Waals surface area contributed by atoms with Gasteiger partial charge in [0.1, 0.15) is 22.2 Å². The largest absolute Gasteiger partial charge is 0.503 e. The number of benzene rings is 1. The highest BCUT2D eigenvalue weighted by Gasteiger charge is 2.36. The van der Waals surface area contributed by atoms with Gasteiger partial charge in [-0.25, -0.2) is 8.78 Å². The Labute approximate surface area is 174 Å². The van der Waals surface area contributed by atoms with Gasteiger partial charge in [-0.15, -0.1) is 0 Å². The van der Waals surface area contributed by atoms with E-state index >= 15 is 0 Å². The molecule has 3 heterocycles. The molecular weight excluding hydrogens is 420 g/mol. The van der Waals surface area contributed by atoms with E-state index in [1.807, 2.05) is 0 Å². The molecule has 0 aliphatic carbocycles. The number of rotatable bonds is 3. The number of nitrogens with zero attached hydrogens (tertiary/aromatic N) is 2. The highest BCUT2D eigenvalue weighted by molar-refractivity contribution is 6.30. The van der Waals surface area contributed by atoms with Gasteiger partial charge in [0.25, 0.3) is 11.8 Å². The van der Waals surface area contributed by atoms with E-state index in [4.69, 9.17) is 11.6 Å². The van der Waals surface area contributed by atoms with Gasteiger partial charge in [0, 0.05) is 31.4 Å². The van der Waals surface area contributed by atoms with Crippen LogP contribution in [0.25, 0.3) is 0 Å². The van der Waals surface area contributed by atoms with Crippen molar-refractivity contribution in [3.05, 3.63) is 62.0 Å². The monoisotopic (exact) mass is 437 g/mol. The zero-order valence-corrected chi connectivity index (χ0v) is 16.5. The number of halogens is 3. The summed E-state index contributed by atoms with van der Waals surface area (Å²) >= 11 is 5.53. The van der Waals surface area contributed by atoms with E-state index in [-0.39, 0.29) is 29.4 Å². The molecule has 0 unspecified atom stereocenters. The molecule has 1 saturated heterocycles. The van der Waals surface area contributed by atoms with Gasteiger partial charge >= 0.3 is 0 Å². The molecule has 158 valence electrons. The smallest absolute Gasteiger partial charge is 0.274 e. The fourth-order valence-electron chi connectivity index (χ4n) is 3.94. The predicted octanol–water partition coefficient (Wildman–Crippen LogP) is 2.60. The lowest BCUT2D eigenvalue weighted by Crippen LogP contribution is -2.44. The number of nitrogens with one attached hydrogen (secondary N) is 1. The fourth-order valence-corrected chi connectivity index (χ4v) is 4.12. The molecule has 2 aliphatic heterocycles. The number of aromatic hydroxyl groups is 1. The van der Waals surface area contributed by atoms with E-state index in [1.54, 1.807) is 4.90 Å². The predicted molar refractivity (Wildman–Crippen MR) is 104 cm³/mol. The Bertz CT molecular complexity index is 1120. The van der Waals surface area contributed by atoms with Crippen LogP contribution in [0.3, 0.4) is 0 Å². The molecule has 0 spiro atoms. The molecule has 2 aliphatic rings. The fraction of sp³-hybridized carbons (Fsp3) is 0.350. The molecule has 1 atom stereocenters. The van der Waals surface area contributed by atoms with Crippen molar-refractivity contribution in [3.63, 3.8) is 0 Å².